The maximum atomic E-state index is 9.18. The number of aryl methyl sites for hydroxylation is 1. The first kappa shape index (κ1) is 15.8. The third-order valence-corrected chi connectivity index (χ3v) is 4.83. The average molecular weight is 303 g/mol. The summed E-state index contributed by atoms with van der Waals surface area (Å²) in [5, 5.41) is 21.0. The molecule has 0 radical (unpaired) electrons. The van der Waals surface area contributed by atoms with Gasteiger partial charge in [-0.05, 0) is 20.3 Å². The first-order valence-electron chi connectivity index (χ1n) is 7.31. The van der Waals surface area contributed by atoms with Gasteiger partial charge in [0.25, 0.3) is 0 Å². The standard InChI is InChI=1S/C15H21N5S/c1-12-11-21-15(18-12)20-7-6-19(9-13(20)2)10-14(8-17)4-3-5-16/h11,13-14H,3-4,6-7,9-10H2,1-2H3/t13-,14-/m1/s1. The first-order chi connectivity index (χ1) is 10.1. The lowest BCUT2D eigenvalue weighted by Crippen LogP contribution is -2.52. The fourth-order valence-electron chi connectivity index (χ4n) is 2.70. The van der Waals surface area contributed by atoms with Crippen molar-refractivity contribution in [1.29, 1.82) is 10.5 Å². The van der Waals surface area contributed by atoms with Gasteiger partial charge in [0.05, 0.1) is 23.8 Å². The molecule has 0 amide bonds. The molecule has 0 spiro atoms. The van der Waals surface area contributed by atoms with Gasteiger partial charge in [-0.15, -0.1) is 11.3 Å². The number of aromatic nitrogens is 1. The molecule has 1 fully saturated rings. The fraction of sp³-hybridized carbons (Fsp3) is 0.667. The summed E-state index contributed by atoms with van der Waals surface area (Å²) in [6, 6.07) is 4.86. The molecule has 1 saturated heterocycles. The largest absolute Gasteiger partial charge is 0.343 e. The highest BCUT2D eigenvalue weighted by Crippen LogP contribution is 2.25. The minimum atomic E-state index is -0.0366. The van der Waals surface area contributed by atoms with E-state index in [4.69, 9.17) is 5.26 Å². The molecule has 0 unspecified atom stereocenters. The number of nitriles is 2. The second-order valence-corrected chi connectivity index (χ2v) is 6.43. The van der Waals surface area contributed by atoms with Crippen LogP contribution in [0.2, 0.25) is 0 Å². The van der Waals surface area contributed by atoms with E-state index in [2.05, 4.69) is 39.2 Å². The number of hydrogen-bond acceptors (Lipinski definition) is 6. The van der Waals surface area contributed by atoms with Gasteiger partial charge >= 0.3 is 0 Å². The van der Waals surface area contributed by atoms with Crippen LogP contribution in [0.3, 0.4) is 0 Å². The number of piperazine rings is 1. The average Bonchev–Trinajstić information content (AvgIpc) is 2.90. The van der Waals surface area contributed by atoms with Crippen molar-refractivity contribution in [3.63, 3.8) is 0 Å². The zero-order chi connectivity index (χ0) is 15.2. The summed E-state index contributed by atoms with van der Waals surface area (Å²) < 4.78 is 0. The van der Waals surface area contributed by atoms with E-state index in [0.29, 0.717) is 18.9 Å². The SMILES string of the molecule is Cc1csc(N2CCN(C[C@@H](C#N)CCC#N)C[C@H]2C)n1. The second-order valence-electron chi connectivity index (χ2n) is 5.60. The molecule has 1 aromatic rings. The van der Waals surface area contributed by atoms with E-state index < -0.39 is 0 Å². The summed E-state index contributed by atoms with van der Waals surface area (Å²) in [5.41, 5.74) is 1.07. The van der Waals surface area contributed by atoms with E-state index in [-0.39, 0.29) is 5.92 Å². The maximum Gasteiger partial charge on any atom is 0.185 e. The van der Waals surface area contributed by atoms with E-state index in [0.717, 1.165) is 37.0 Å². The maximum absolute atomic E-state index is 9.18. The number of thiazole rings is 1. The Bertz CT molecular complexity index is 541. The summed E-state index contributed by atoms with van der Waals surface area (Å²) in [5.74, 6) is -0.0366. The number of hydrogen-bond donors (Lipinski definition) is 0. The van der Waals surface area contributed by atoms with Crippen molar-refractivity contribution in [3.8, 4) is 12.1 Å². The molecule has 5 nitrogen and oxygen atoms in total. The highest BCUT2D eigenvalue weighted by atomic mass is 32.1. The van der Waals surface area contributed by atoms with Gasteiger partial charge in [0.2, 0.25) is 0 Å². The van der Waals surface area contributed by atoms with Crippen LogP contribution in [-0.2, 0) is 0 Å². The summed E-state index contributed by atoms with van der Waals surface area (Å²) >= 11 is 1.70. The molecule has 1 aromatic heterocycles. The van der Waals surface area contributed by atoms with Crippen LogP contribution in [0.1, 0.15) is 25.5 Å². The Labute approximate surface area is 130 Å². The summed E-state index contributed by atoms with van der Waals surface area (Å²) in [4.78, 5) is 9.26. The van der Waals surface area contributed by atoms with Crippen molar-refractivity contribution < 1.29 is 0 Å². The lowest BCUT2D eigenvalue weighted by molar-refractivity contribution is 0.208. The molecule has 2 atom stereocenters. The van der Waals surface area contributed by atoms with Gasteiger partial charge in [0.15, 0.2) is 5.13 Å². The Hall–Kier alpha value is -1.63. The van der Waals surface area contributed by atoms with E-state index >= 15 is 0 Å². The zero-order valence-electron chi connectivity index (χ0n) is 12.6. The van der Waals surface area contributed by atoms with Gasteiger partial charge in [-0.25, -0.2) is 4.98 Å². The van der Waals surface area contributed by atoms with Crippen LogP contribution in [0.4, 0.5) is 5.13 Å². The van der Waals surface area contributed by atoms with E-state index in [1.54, 1.807) is 11.3 Å². The summed E-state index contributed by atoms with van der Waals surface area (Å²) in [6.07, 6.45) is 1.14. The predicted molar refractivity (Wildman–Crippen MR) is 84.0 cm³/mol. The minimum Gasteiger partial charge on any atom is -0.343 e. The zero-order valence-corrected chi connectivity index (χ0v) is 13.4. The number of rotatable bonds is 5. The summed E-state index contributed by atoms with van der Waals surface area (Å²) in [7, 11) is 0. The van der Waals surface area contributed by atoms with Crippen molar-refractivity contribution in [2.45, 2.75) is 32.7 Å². The molecule has 2 rings (SSSR count). The first-order valence-corrected chi connectivity index (χ1v) is 8.19. The third-order valence-electron chi connectivity index (χ3n) is 3.83. The Balaban J connectivity index is 1.89. The lowest BCUT2D eigenvalue weighted by Gasteiger charge is -2.40. The van der Waals surface area contributed by atoms with Crippen molar-refractivity contribution in [1.82, 2.24) is 9.88 Å². The number of nitrogens with zero attached hydrogens (tertiary/aromatic N) is 5. The second kappa shape index (κ2) is 7.40. The molecular formula is C15H21N5S. The molecule has 21 heavy (non-hydrogen) atoms. The highest BCUT2D eigenvalue weighted by molar-refractivity contribution is 7.13. The van der Waals surface area contributed by atoms with Crippen LogP contribution < -0.4 is 4.90 Å². The Morgan fingerprint density at radius 3 is 2.86 bits per heavy atom. The predicted octanol–water partition coefficient (Wildman–Crippen LogP) is 2.41. The molecule has 0 saturated carbocycles. The molecule has 6 heteroatoms. The van der Waals surface area contributed by atoms with Crippen LogP contribution in [0.15, 0.2) is 5.38 Å². The van der Waals surface area contributed by atoms with Gasteiger partial charge in [-0.1, -0.05) is 0 Å². The quantitative estimate of drug-likeness (QED) is 0.835. The van der Waals surface area contributed by atoms with Gasteiger partial charge in [0, 0.05) is 44.0 Å². The Morgan fingerprint density at radius 1 is 1.48 bits per heavy atom. The van der Waals surface area contributed by atoms with Gasteiger partial charge < -0.3 is 4.90 Å². The van der Waals surface area contributed by atoms with Crippen molar-refractivity contribution >= 4 is 16.5 Å². The summed E-state index contributed by atoms with van der Waals surface area (Å²) in [6.45, 7) is 7.85. The molecule has 0 bridgehead atoms. The smallest absolute Gasteiger partial charge is 0.185 e. The van der Waals surface area contributed by atoms with E-state index in [1.165, 1.54) is 0 Å². The molecular weight excluding hydrogens is 282 g/mol. The van der Waals surface area contributed by atoms with Crippen LogP contribution in [0.25, 0.3) is 0 Å². The van der Waals surface area contributed by atoms with E-state index in [1.807, 2.05) is 6.92 Å². The molecule has 1 aliphatic heterocycles. The molecule has 112 valence electrons. The molecule has 0 aliphatic carbocycles. The van der Waals surface area contributed by atoms with Crippen LogP contribution in [0, 0.1) is 35.5 Å². The van der Waals surface area contributed by atoms with Gasteiger partial charge in [-0.3, -0.25) is 4.90 Å². The van der Waals surface area contributed by atoms with Crippen LogP contribution >= 0.6 is 11.3 Å². The van der Waals surface area contributed by atoms with Crippen LogP contribution in [-0.4, -0.2) is 42.1 Å². The molecule has 2 heterocycles. The van der Waals surface area contributed by atoms with Gasteiger partial charge in [0.1, 0.15) is 0 Å². The van der Waals surface area contributed by atoms with Gasteiger partial charge in [-0.2, -0.15) is 10.5 Å². The number of anilines is 1. The molecule has 1 aliphatic rings. The molecule has 0 aromatic carbocycles. The Kier molecular flexibility index (Phi) is 5.55. The normalized spacial score (nSPS) is 20.8. The van der Waals surface area contributed by atoms with Crippen molar-refractivity contribution in [2.24, 2.45) is 5.92 Å². The monoisotopic (exact) mass is 303 g/mol. The van der Waals surface area contributed by atoms with E-state index in [9.17, 15) is 5.26 Å². The minimum absolute atomic E-state index is 0.0366. The van der Waals surface area contributed by atoms with Crippen molar-refractivity contribution in [2.75, 3.05) is 31.1 Å². The topological polar surface area (TPSA) is 67.0 Å². The molecule has 0 N–H and O–H groups in total. The fourth-order valence-corrected chi connectivity index (χ4v) is 3.64. The highest BCUT2D eigenvalue weighted by Gasteiger charge is 2.26. The van der Waals surface area contributed by atoms with Crippen molar-refractivity contribution in [3.05, 3.63) is 11.1 Å². The Morgan fingerprint density at radius 2 is 2.29 bits per heavy atom. The third kappa shape index (κ3) is 4.17. The van der Waals surface area contributed by atoms with Crippen LogP contribution in [0.5, 0.6) is 0 Å². The lowest BCUT2D eigenvalue weighted by atomic mass is 10.0.